The molecule has 1 aromatic carbocycles. The topological polar surface area (TPSA) is 75.4 Å². The zero-order valence-electron chi connectivity index (χ0n) is 11.3. The van der Waals surface area contributed by atoms with Crippen molar-refractivity contribution in [3.63, 3.8) is 0 Å². The van der Waals surface area contributed by atoms with Crippen molar-refractivity contribution < 1.29 is 10.0 Å². The van der Waals surface area contributed by atoms with Gasteiger partial charge in [-0.2, -0.15) is 0 Å². The van der Waals surface area contributed by atoms with Crippen LogP contribution in [0.15, 0.2) is 18.2 Å². The third kappa shape index (κ3) is 3.41. The number of nitro benzene ring substituents is 1. The molecule has 0 unspecified atom stereocenters. The maximum atomic E-state index is 10.9. The molecule has 0 aliphatic heterocycles. The number of nitrogens with one attached hydrogen (secondary N) is 1. The van der Waals surface area contributed by atoms with Crippen LogP contribution in [0.3, 0.4) is 0 Å². The molecule has 6 heteroatoms. The molecule has 1 aromatic rings. The molecule has 0 aromatic heterocycles. The van der Waals surface area contributed by atoms with Crippen LogP contribution in [-0.2, 0) is 0 Å². The molecule has 20 heavy (non-hydrogen) atoms. The maximum absolute atomic E-state index is 10.9. The zero-order chi connectivity index (χ0) is 14.6. The van der Waals surface area contributed by atoms with E-state index in [1.807, 2.05) is 0 Å². The third-order valence-corrected chi connectivity index (χ3v) is 4.38. The van der Waals surface area contributed by atoms with E-state index in [1.165, 1.54) is 18.6 Å². The predicted octanol–water partition coefficient (Wildman–Crippen LogP) is 3.60. The Morgan fingerprint density at radius 1 is 1.35 bits per heavy atom. The average Bonchev–Trinajstić information content (AvgIpc) is 2.47. The summed E-state index contributed by atoms with van der Waals surface area (Å²) < 4.78 is 0. The first kappa shape index (κ1) is 15.1. The van der Waals surface area contributed by atoms with Crippen LogP contribution in [0.2, 0.25) is 5.02 Å². The molecular formula is C14H19ClN2O3. The summed E-state index contributed by atoms with van der Waals surface area (Å²) in [6.07, 6.45) is 5.46. The van der Waals surface area contributed by atoms with Gasteiger partial charge in [0.05, 0.1) is 11.5 Å². The lowest BCUT2D eigenvalue weighted by atomic mass is 9.74. The summed E-state index contributed by atoms with van der Waals surface area (Å²) >= 11 is 5.79. The van der Waals surface area contributed by atoms with Crippen molar-refractivity contribution in [3.8, 4) is 0 Å². The van der Waals surface area contributed by atoms with E-state index in [2.05, 4.69) is 5.32 Å². The molecule has 2 rings (SSSR count). The zero-order valence-corrected chi connectivity index (χ0v) is 12.0. The van der Waals surface area contributed by atoms with E-state index in [-0.39, 0.29) is 22.7 Å². The van der Waals surface area contributed by atoms with Gasteiger partial charge >= 0.3 is 0 Å². The molecule has 5 nitrogen and oxygen atoms in total. The second kappa shape index (κ2) is 6.41. The molecule has 0 spiro atoms. The summed E-state index contributed by atoms with van der Waals surface area (Å²) in [5, 5.41) is 23.8. The summed E-state index contributed by atoms with van der Waals surface area (Å²) in [5.41, 5.74) is 0.463. The van der Waals surface area contributed by atoms with Gasteiger partial charge in [-0.15, -0.1) is 0 Å². The predicted molar refractivity (Wildman–Crippen MR) is 79.2 cm³/mol. The van der Waals surface area contributed by atoms with Crippen LogP contribution >= 0.6 is 11.6 Å². The first-order valence-corrected chi connectivity index (χ1v) is 7.23. The fraction of sp³-hybridized carbons (Fsp3) is 0.571. The molecule has 0 radical (unpaired) electrons. The van der Waals surface area contributed by atoms with E-state index < -0.39 is 4.92 Å². The van der Waals surface area contributed by atoms with E-state index in [4.69, 9.17) is 11.6 Å². The molecule has 0 bridgehead atoms. The smallest absolute Gasteiger partial charge is 0.289 e. The number of nitro groups is 1. The molecule has 0 amide bonds. The number of aliphatic hydroxyl groups is 1. The number of anilines is 1. The van der Waals surface area contributed by atoms with Crippen molar-refractivity contribution in [1.29, 1.82) is 0 Å². The van der Waals surface area contributed by atoms with Crippen LogP contribution in [0, 0.1) is 15.5 Å². The van der Waals surface area contributed by atoms with E-state index in [1.54, 1.807) is 6.07 Å². The van der Waals surface area contributed by atoms with Gasteiger partial charge in [-0.1, -0.05) is 30.9 Å². The Labute approximate surface area is 123 Å². The van der Waals surface area contributed by atoms with Crippen molar-refractivity contribution in [2.45, 2.75) is 32.1 Å². The lowest BCUT2D eigenvalue weighted by Crippen LogP contribution is -2.35. The monoisotopic (exact) mass is 298 g/mol. The SMILES string of the molecule is O=[N+]([O-])c1cc(NCC2(CO)CCCCC2)ccc1Cl. The van der Waals surface area contributed by atoms with Crippen molar-refractivity contribution in [3.05, 3.63) is 33.3 Å². The molecule has 0 atom stereocenters. The number of rotatable bonds is 5. The molecule has 1 fully saturated rings. The van der Waals surface area contributed by atoms with Crippen LogP contribution in [0.4, 0.5) is 11.4 Å². The van der Waals surface area contributed by atoms with Gasteiger partial charge in [-0.25, -0.2) is 0 Å². The van der Waals surface area contributed by atoms with E-state index in [0.717, 1.165) is 25.7 Å². The highest BCUT2D eigenvalue weighted by Gasteiger charge is 2.31. The fourth-order valence-corrected chi connectivity index (χ4v) is 2.93. The lowest BCUT2D eigenvalue weighted by Gasteiger charge is -2.36. The van der Waals surface area contributed by atoms with Gasteiger partial charge in [-0.3, -0.25) is 10.1 Å². The summed E-state index contributed by atoms with van der Waals surface area (Å²) in [6.45, 7) is 0.776. The Morgan fingerprint density at radius 3 is 2.65 bits per heavy atom. The number of benzene rings is 1. The van der Waals surface area contributed by atoms with Crippen LogP contribution in [-0.4, -0.2) is 23.2 Å². The van der Waals surface area contributed by atoms with Crippen LogP contribution in [0.25, 0.3) is 0 Å². The summed E-state index contributed by atoms with van der Waals surface area (Å²) in [7, 11) is 0. The standard InChI is InChI=1S/C14H19ClN2O3/c15-12-5-4-11(8-13(12)17(19)20)16-9-14(10-18)6-2-1-3-7-14/h4-5,8,16,18H,1-3,6-7,9-10H2. The summed E-state index contributed by atoms with van der Waals surface area (Å²) in [4.78, 5) is 10.4. The minimum Gasteiger partial charge on any atom is -0.396 e. The van der Waals surface area contributed by atoms with Crippen molar-refractivity contribution in [2.75, 3.05) is 18.5 Å². The largest absolute Gasteiger partial charge is 0.396 e. The number of aliphatic hydroxyl groups excluding tert-OH is 1. The van der Waals surface area contributed by atoms with Gasteiger partial charge < -0.3 is 10.4 Å². The first-order chi connectivity index (χ1) is 9.56. The van der Waals surface area contributed by atoms with Crippen LogP contribution in [0.1, 0.15) is 32.1 Å². The maximum Gasteiger partial charge on any atom is 0.289 e. The van der Waals surface area contributed by atoms with E-state index >= 15 is 0 Å². The number of hydrogen-bond donors (Lipinski definition) is 2. The van der Waals surface area contributed by atoms with Crippen molar-refractivity contribution in [2.24, 2.45) is 5.41 Å². The van der Waals surface area contributed by atoms with Gasteiger partial charge in [0.1, 0.15) is 5.02 Å². The van der Waals surface area contributed by atoms with Crippen LogP contribution < -0.4 is 5.32 Å². The highest BCUT2D eigenvalue weighted by molar-refractivity contribution is 6.32. The normalized spacial score (nSPS) is 17.7. The van der Waals surface area contributed by atoms with Gasteiger partial charge in [-0.05, 0) is 25.0 Å². The molecule has 110 valence electrons. The minimum atomic E-state index is -0.490. The number of nitrogens with zero attached hydrogens (tertiary/aromatic N) is 1. The average molecular weight is 299 g/mol. The number of hydrogen-bond acceptors (Lipinski definition) is 4. The van der Waals surface area contributed by atoms with Crippen molar-refractivity contribution in [1.82, 2.24) is 0 Å². The lowest BCUT2D eigenvalue weighted by molar-refractivity contribution is -0.384. The highest BCUT2D eigenvalue weighted by atomic mass is 35.5. The Kier molecular flexibility index (Phi) is 4.83. The van der Waals surface area contributed by atoms with Gasteiger partial charge in [0.15, 0.2) is 0 Å². The second-order valence-corrected chi connectivity index (χ2v) is 5.90. The van der Waals surface area contributed by atoms with Gasteiger partial charge in [0, 0.05) is 23.7 Å². The fourth-order valence-electron chi connectivity index (χ4n) is 2.74. The Morgan fingerprint density at radius 2 is 2.05 bits per heavy atom. The Balaban J connectivity index is 2.06. The first-order valence-electron chi connectivity index (χ1n) is 6.85. The molecule has 1 saturated carbocycles. The molecule has 0 heterocycles. The molecule has 0 saturated heterocycles. The molecule has 1 aliphatic carbocycles. The minimum absolute atomic E-state index is 0.0987. The highest BCUT2D eigenvalue weighted by Crippen LogP contribution is 2.36. The van der Waals surface area contributed by atoms with Crippen LogP contribution in [0.5, 0.6) is 0 Å². The molecule has 1 aliphatic rings. The Hall–Kier alpha value is -1.33. The molecular weight excluding hydrogens is 280 g/mol. The third-order valence-electron chi connectivity index (χ3n) is 4.06. The van der Waals surface area contributed by atoms with Crippen molar-refractivity contribution >= 4 is 23.0 Å². The van der Waals surface area contributed by atoms with Gasteiger partial charge in [0.2, 0.25) is 0 Å². The summed E-state index contributed by atoms with van der Waals surface area (Å²) in [6, 6.07) is 4.69. The van der Waals surface area contributed by atoms with Gasteiger partial charge in [0.25, 0.3) is 5.69 Å². The Bertz CT molecular complexity index is 487. The van der Waals surface area contributed by atoms with E-state index in [0.29, 0.717) is 12.2 Å². The number of halogens is 1. The molecule has 2 N–H and O–H groups in total. The quantitative estimate of drug-likeness (QED) is 0.643. The van der Waals surface area contributed by atoms with E-state index in [9.17, 15) is 15.2 Å². The summed E-state index contributed by atoms with van der Waals surface area (Å²) in [5.74, 6) is 0. The second-order valence-electron chi connectivity index (χ2n) is 5.50.